The molecule has 11 amide bonds. The Balaban J connectivity index is 2.33. The van der Waals surface area contributed by atoms with Crippen LogP contribution in [-0.2, 0) is 52.7 Å². The lowest BCUT2D eigenvalue weighted by Gasteiger charge is -2.44. The van der Waals surface area contributed by atoms with Gasteiger partial charge >= 0.3 is 0 Å². The van der Waals surface area contributed by atoms with Crippen LogP contribution in [0, 0.1) is 41.4 Å². The molecule has 0 unspecified atom stereocenters. The summed E-state index contributed by atoms with van der Waals surface area (Å²) >= 11 is 0. The molecule has 1 aliphatic carbocycles. The van der Waals surface area contributed by atoms with Gasteiger partial charge in [0.2, 0.25) is 65.0 Å². The summed E-state index contributed by atoms with van der Waals surface area (Å²) in [7, 11) is 10.2. The molecule has 95 heavy (non-hydrogen) atoms. The van der Waals surface area contributed by atoms with Crippen LogP contribution < -0.4 is 21.3 Å². The first-order valence-electron chi connectivity index (χ1n) is 35.4. The van der Waals surface area contributed by atoms with Crippen LogP contribution in [0.2, 0.25) is 0 Å². The summed E-state index contributed by atoms with van der Waals surface area (Å²) in [5, 5.41) is 23.6. The molecule has 2 aliphatic heterocycles. The smallest absolute Gasteiger partial charge is 0.246 e. The number of likely N-dealkylation sites (N-methyl/N-ethyl adjacent to an activating group) is 7. The Kier molecular flexibility index (Phi) is 33.0. The molecule has 0 bridgehead atoms. The van der Waals surface area contributed by atoms with Crippen LogP contribution in [0.25, 0.3) is 0 Å². The average Bonchev–Trinajstić information content (AvgIpc) is 0.811. The summed E-state index contributed by atoms with van der Waals surface area (Å²) < 4.78 is 0. The van der Waals surface area contributed by atoms with Gasteiger partial charge in [0.05, 0.1) is 6.10 Å². The maximum atomic E-state index is 15.3. The summed E-state index contributed by atoms with van der Waals surface area (Å²) in [6.45, 7) is 33.6. The second-order valence-corrected chi connectivity index (χ2v) is 30.0. The summed E-state index contributed by atoms with van der Waals surface area (Å²) in [6.07, 6.45) is 4.54. The molecule has 0 aromatic rings. The number of nitrogens with zero attached hydrogens (tertiary/aromatic N) is 9. The van der Waals surface area contributed by atoms with Crippen LogP contribution in [0.3, 0.4) is 0 Å². The largest absolute Gasteiger partial charge is 0.390 e. The van der Waals surface area contributed by atoms with Crippen molar-refractivity contribution in [3.63, 3.8) is 0 Å². The lowest BCUT2D eigenvalue weighted by Crippen LogP contribution is -2.64. The van der Waals surface area contributed by atoms with E-state index < -0.39 is 161 Å². The number of aliphatic hydroxyl groups excluding tert-OH is 1. The SMILES string of the molecule is CCCC[C@@H](C)[C@@H](O)[C@H]1C(=O)N[C@@H](CC)C(=O)N(C)[C@H](C)C(=O)N(C)[C@@H]([C@H](C)CN2CCN(C3CCC3)CC2)C(=O)N[C@@H](C(C)C)C(=O)N(C)[C@@H](CC(C)C)C(=O)N[C@@H](C)C(=O)N[C@H](C)C(=O)N(C)[C@@H](CC(C)C)C(=O)N(C)[C@@H](CC(C)C)C(=O)N(C)[C@@H](C(C)C)C(=O)N1C. The van der Waals surface area contributed by atoms with Crippen molar-refractivity contribution >= 4 is 65.0 Å². The van der Waals surface area contributed by atoms with Crippen molar-refractivity contribution in [2.45, 2.75) is 261 Å². The maximum Gasteiger partial charge on any atom is 0.246 e. The van der Waals surface area contributed by atoms with Gasteiger partial charge in [0.25, 0.3) is 0 Å². The monoisotopic (exact) mass is 1340 g/mol. The highest BCUT2D eigenvalue weighted by atomic mass is 16.3. The van der Waals surface area contributed by atoms with E-state index in [-0.39, 0.29) is 43.4 Å². The molecule has 544 valence electrons. The van der Waals surface area contributed by atoms with Gasteiger partial charge in [0, 0.05) is 88.1 Å². The molecular formula is C70H127N13O12. The van der Waals surface area contributed by atoms with E-state index in [0.717, 1.165) is 37.5 Å². The van der Waals surface area contributed by atoms with Gasteiger partial charge in [-0.1, -0.05) is 116 Å². The van der Waals surface area contributed by atoms with Gasteiger partial charge in [-0.15, -0.1) is 0 Å². The minimum absolute atomic E-state index is 0.0245. The summed E-state index contributed by atoms with van der Waals surface area (Å²) in [5.41, 5.74) is 0. The highest BCUT2D eigenvalue weighted by molar-refractivity contribution is 6.00. The molecule has 25 nitrogen and oxygen atoms in total. The zero-order valence-corrected chi connectivity index (χ0v) is 62.6. The molecule has 3 rings (SSSR count). The second kappa shape index (κ2) is 37.7. The number of rotatable bonds is 18. The lowest BCUT2D eigenvalue weighted by atomic mass is 9.90. The topological polar surface area (TPSA) is 285 Å². The van der Waals surface area contributed by atoms with Crippen LogP contribution in [0.1, 0.15) is 182 Å². The highest BCUT2D eigenvalue weighted by Gasteiger charge is 2.47. The number of hydrogen-bond acceptors (Lipinski definition) is 14. The Morgan fingerprint density at radius 3 is 1.39 bits per heavy atom. The van der Waals surface area contributed by atoms with Crippen molar-refractivity contribution < 1.29 is 57.8 Å². The van der Waals surface area contributed by atoms with E-state index in [2.05, 4.69) is 31.1 Å². The van der Waals surface area contributed by atoms with E-state index in [1.165, 1.54) is 119 Å². The summed E-state index contributed by atoms with van der Waals surface area (Å²) in [4.78, 5) is 178. The van der Waals surface area contributed by atoms with Crippen molar-refractivity contribution in [1.82, 2.24) is 65.4 Å². The minimum Gasteiger partial charge on any atom is -0.390 e. The molecule has 5 N–H and O–H groups in total. The van der Waals surface area contributed by atoms with Crippen molar-refractivity contribution in [3.8, 4) is 0 Å². The molecule has 0 aromatic carbocycles. The second-order valence-electron chi connectivity index (χ2n) is 30.0. The van der Waals surface area contributed by atoms with Gasteiger partial charge in [0.1, 0.15) is 66.5 Å². The molecule has 3 fully saturated rings. The normalized spacial score (nSPS) is 28.6. The van der Waals surface area contributed by atoms with Crippen molar-refractivity contribution in [2.75, 3.05) is 82.1 Å². The van der Waals surface area contributed by atoms with Crippen molar-refractivity contribution in [2.24, 2.45) is 41.4 Å². The first-order chi connectivity index (χ1) is 44.2. The van der Waals surface area contributed by atoms with Crippen LogP contribution >= 0.6 is 0 Å². The van der Waals surface area contributed by atoms with Gasteiger partial charge in [-0.2, -0.15) is 0 Å². The first kappa shape index (κ1) is 83.3. The Morgan fingerprint density at radius 2 is 0.916 bits per heavy atom. The summed E-state index contributed by atoms with van der Waals surface area (Å²) in [5.74, 6) is -9.89. The number of amides is 11. The van der Waals surface area contributed by atoms with Gasteiger partial charge in [-0.05, 0) is 107 Å². The first-order valence-corrected chi connectivity index (χ1v) is 35.4. The van der Waals surface area contributed by atoms with E-state index in [1.54, 1.807) is 41.5 Å². The van der Waals surface area contributed by atoms with Crippen molar-refractivity contribution in [3.05, 3.63) is 0 Å². The molecule has 0 aromatic heterocycles. The van der Waals surface area contributed by atoms with Crippen LogP contribution in [0.15, 0.2) is 0 Å². The molecule has 0 radical (unpaired) electrons. The lowest BCUT2D eigenvalue weighted by molar-refractivity contribution is -0.157. The molecule has 14 atom stereocenters. The van der Waals surface area contributed by atoms with Crippen molar-refractivity contribution in [1.29, 1.82) is 0 Å². The predicted octanol–water partition coefficient (Wildman–Crippen LogP) is 3.64. The Labute approximate surface area is 570 Å². The number of aliphatic hydroxyl groups is 1. The quantitative estimate of drug-likeness (QED) is 0.131. The van der Waals surface area contributed by atoms with E-state index in [1.807, 2.05) is 55.4 Å². The zero-order valence-electron chi connectivity index (χ0n) is 62.6. The summed E-state index contributed by atoms with van der Waals surface area (Å²) in [6, 6.07) is -13.1. The Morgan fingerprint density at radius 1 is 0.453 bits per heavy atom. The van der Waals surface area contributed by atoms with Gasteiger partial charge in [-0.25, -0.2) is 0 Å². The third-order valence-electron chi connectivity index (χ3n) is 20.1. The Bertz CT molecular complexity index is 2590. The van der Waals surface area contributed by atoms with E-state index in [0.29, 0.717) is 25.4 Å². The van der Waals surface area contributed by atoms with Crippen LogP contribution in [0.5, 0.6) is 0 Å². The van der Waals surface area contributed by atoms with Gasteiger partial charge in [-0.3, -0.25) is 57.6 Å². The molecule has 3 aliphatic rings. The fourth-order valence-corrected chi connectivity index (χ4v) is 13.6. The number of carbonyl (C=O) groups is 11. The number of hydrogen-bond donors (Lipinski definition) is 5. The number of carbonyl (C=O) groups excluding carboxylic acids is 11. The fourth-order valence-electron chi connectivity index (χ4n) is 13.6. The third-order valence-corrected chi connectivity index (χ3v) is 20.1. The molecule has 0 spiro atoms. The Hall–Kier alpha value is -5.95. The molecular weight excluding hydrogens is 1210 g/mol. The van der Waals surface area contributed by atoms with E-state index in [4.69, 9.17) is 0 Å². The third kappa shape index (κ3) is 22.0. The minimum atomic E-state index is -1.59. The standard InChI is InChI=1S/C70H127N13O12/c1-25-27-29-45(13)59(84)58-63(88)73-51(26-2)66(91)75(18)49(17)65(90)80(23)57(46(14)39-82-32-34-83(35-33-82)50-30-28-31-50)62(87)74-55(43(9)10)69(94)76(19)52(36-40(3)4)61(86)71-47(15)60(85)72-48(16)64(89)77(20)53(37-41(5)6)67(92)78(21)54(38-42(7)8)68(93)79(22)56(44(11)12)70(95)81(58)24/h40-59,84H,25-39H2,1-24H3,(H,71,86)(H,72,85)(H,73,88)(H,74,87)/t45-,46-,47+,48-,49-,51+,52+,53+,54+,55+,56+,57+,58+,59-/m1/s1. The molecule has 2 heterocycles. The highest BCUT2D eigenvalue weighted by Crippen LogP contribution is 2.29. The predicted molar refractivity (Wildman–Crippen MR) is 368 cm³/mol. The molecule has 2 saturated heterocycles. The number of unbranched alkanes of at least 4 members (excludes halogenated alkanes) is 1. The van der Waals surface area contributed by atoms with Gasteiger partial charge in [0.15, 0.2) is 0 Å². The fraction of sp³-hybridized carbons (Fsp3) is 0.843. The van der Waals surface area contributed by atoms with Crippen LogP contribution in [-0.4, -0.2) is 275 Å². The zero-order chi connectivity index (χ0) is 72.5. The van der Waals surface area contributed by atoms with E-state index >= 15 is 28.8 Å². The maximum absolute atomic E-state index is 15.3. The molecule has 25 heteroatoms. The van der Waals surface area contributed by atoms with Gasteiger partial charge < -0.3 is 65.6 Å². The number of piperazine rings is 1. The van der Waals surface area contributed by atoms with E-state index in [9.17, 15) is 29.1 Å². The average molecular weight is 1340 g/mol. The van der Waals surface area contributed by atoms with Crippen LogP contribution in [0.4, 0.5) is 0 Å². The molecule has 1 saturated carbocycles. The number of nitrogens with one attached hydrogen (secondary N) is 4.